The standard InChI is InChI=1S/C15H19ClN2O3/c1-15(2,3)10-7-11(17-21-10)18-13(19)9(6-8-4-5-8)12(16)14(18)20/h7-8,13,19H,4-6H2,1-3H3. The first-order valence-corrected chi connectivity index (χ1v) is 7.54. The van der Waals surface area contributed by atoms with Crippen LogP contribution in [-0.2, 0) is 10.2 Å². The van der Waals surface area contributed by atoms with Crippen molar-refractivity contribution in [2.75, 3.05) is 4.90 Å². The van der Waals surface area contributed by atoms with Crippen molar-refractivity contribution in [2.24, 2.45) is 5.92 Å². The lowest BCUT2D eigenvalue weighted by Crippen LogP contribution is -2.35. The Balaban J connectivity index is 1.86. The molecule has 0 radical (unpaired) electrons. The second kappa shape index (κ2) is 4.85. The van der Waals surface area contributed by atoms with Crippen molar-refractivity contribution in [3.8, 4) is 0 Å². The summed E-state index contributed by atoms with van der Waals surface area (Å²) in [4.78, 5) is 13.5. The SMILES string of the molecule is CC(C)(C)c1cc(N2C(=O)C(Cl)=C(CC3CC3)C2O)no1. The first-order valence-electron chi connectivity index (χ1n) is 7.16. The molecule has 2 aliphatic rings. The van der Waals surface area contributed by atoms with Gasteiger partial charge in [-0.3, -0.25) is 9.69 Å². The number of hydrogen-bond donors (Lipinski definition) is 1. The lowest BCUT2D eigenvalue weighted by Gasteiger charge is -2.19. The summed E-state index contributed by atoms with van der Waals surface area (Å²) in [5.41, 5.74) is 0.386. The van der Waals surface area contributed by atoms with Crippen LogP contribution in [0.1, 0.15) is 45.8 Å². The number of nitrogens with zero attached hydrogens (tertiary/aromatic N) is 2. The van der Waals surface area contributed by atoms with E-state index in [9.17, 15) is 9.90 Å². The number of aliphatic hydroxyl groups is 1. The fourth-order valence-corrected chi connectivity index (χ4v) is 2.68. The van der Waals surface area contributed by atoms with E-state index in [0.717, 1.165) is 12.8 Å². The number of rotatable bonds is 3. The van der Waals surface area contributed by atoms with Crippen LogP contribution < -0.4 is 4.90 Å². The van der Waals surface area contributed by atoms with Crippen molar-refractivity contribution in [2.45, 2.75) is 51.7 Å². The largest absolute Gasteiger partial charge is 0.369 e. The lowest BCUT2D eigenvalue weighted by atomic mass is 9.93. The molecule has 1 atom stereocenters. The highest BCUT2D eigenvalue weighted by molar-refractivity contribution is 6.45. The Morgan fingerprint density at radius 3 is 2.67 bits per heavy atom. The molecule has 1 saturated carbocycles. The Hall–Kier alpha value is -1.33. The van der Waals surface area contributed by atoms with Gasteiger partial charge in [-0.2, -0.15) is 0 Å². The van der Waals surface area contributed by atoms with E-state index in [-0.39, 0.29) is 10.4 Å². The highest BCUT2D eigenvalue weighted by atomic mass is 35.5. The molecule has 0 saturated heterocycles. The van der Waals surface area contributed by atoms with Crippen molar-refractivity contribution >= 4 is 23.3 Å². The van der Waals surface area contributed by atoms with E-state index in [0.29, 0.717) is 29.5 Å². The molecule has 1 aromatic rings. The third kappa shape index (κ3) is 2.60. The molecule has 1 aliphatic carbocycles. The number of carbonyl (C=O) groups excluding carboxylic acids is 1. The summed E-state index contributed by atoms with van der Waals surface area (Å²) in [6, 6.07) is 1.69. The maximum atomic E-state index is 12.3. The molecule has 1 unspecified atom stereocenters. The molecular formula is C15H19ClN2O3. The van der Waals surface area contributed by atoms with Crippen LogP contribution in [0, 0.1) is 5.92 Å². The van der Waals surface area contributed by atoms with Gasteiger partial charge in [-0.15, -0.1) is 0 Å². The fraction of sp³-hybridized carbons (Fsp3) is 0.600. The molecule has 114 valence electrons. The molecule has 1 aromatic heterocycles. The van der Waals surface area contributed by atoms with E-state index >= 15 is 0 Å². The smallest absolute Gasteiger partial charge is 0.273 e. The van der Waals surface area contributed by atoms with Crippen LogP contribution in [0.15, 0.2) is 21.2 Å². The Morgan fingerprint density at radius 2 is 2.14 bits per heavy atom. The van der Waals surface area contributed by atoms with E-state index in [2.05, 4.69) is 5.16 Å². The first kappa shape index (κ1) is 14.6. The topological polar surface area (TPSA) is 66.6 Å². The van der Waals surface area contributed by atoms with E-state index in [1.165, 1.54) is 4.90 Å². The third-order valence-electron chi connectivity index (χ3n) is 3.93. The minimum Gasteiger partial charge on any atom is -0.369 e. The summed E-state index contributed by atoms with van der Waals surface area (Å²) in [6.07, 6.45) is 1.90. The zero-order valence-electron chi connectivity index (χ0n) is 12.4. The van der Waals surface area contributed by atoms with Gasteiger partial charge in [0.25, 0.3) is 5.91 Å². The van der Waals surface area contributed by atoms with E-state index < -0.39 is 12.1 Å². The maximum Gasteiger partial charge on any atom is 0.273 e. The summed E-state index contributed by atoms with van der Waals surface area (Å²) in [5.74, 6) is 1.10. The summed E-state index contributed by atoms with van der Waals surface area (Å²) < 4.78 is 5.29. The molecule has 0 aromatic carbocycles. The molecule has 5 nitrogen and oxygen atoms in total. The van der Waals surface area contributed by atoms with E-state index in [1.807, 2.05) is 20.8 Å². The van der Waals surface area contributed by atoms with Crippen LogP contribution >= 0.6 is 11.6 Å². The summed E-state index contributed by atoms with van der Waals surface area (Å²) in [7, 11) is 0. The van der Waals surface area contributed by atoms with Gasteiger partial charge in [0.1, 0.15) is 10.8 Å². The van der Waals surface area contributed by atoms with Gasteiger partial charge in [-0.05, 0) is 25.2 Å². The number of halogens is 1. The Labute approximate surface area is 128 Å². The Morgan fingerprint density at radius 1 is 1.48 bits per heavy atom. The highest BCUT2D eigenvalue weighted by Gasteiger charge is 2.42. The van der Waals surface area contributed by atoms with Crippen molar-refractivity contribution in [3.63, 3.8) is 0 Å². The monoisotopic (exact) mass is 310 g/mol. The van der Waals surface area contributed by atoms with Gasteiger partial charge in [0.05, 0.1) is 0 Å². The van der Waals surface area contributed by atoms with Crippen LogP contribution in [0.5, 0.6) is 0 Å². The quantitative estimate of drug-likeness (QED) is 0.932. The first-order chi connectivity index (χ1) is 9.79. The third-order valence-corrected chi connectivity index (χ3v) is 4.34. The van der Waals surface area contributed by atoms with Crippen LogP contribution in [-0.4, -0.2) is 22.4 Å². The summed E-state index contributed by atoms with van der Waals surface area (Å²) in [6.45, 7) is 5.97. The average molecular weight is 311 g/mol. The normalized spacial score (nSPS) is 23.4. The highest BCUT2D eigenvalue weighted by Crippen LogP contribution is 2.42. The number of hydrogen-bond acceptors (Lipinski definition) is 4. The van der Waals surface area contributed by atoms with Gasteiger partial charge in [-0.1, -0.05) is 37.5 Å². The van der Waals surface area contributed by atoms with Crippen molar-refractivity contribution < 1.29 is 14.4 Å². The number of anilines is 1. The Kier molecular flexibility index (Phi) is 3.37. The molecule has 2 heterocycles. The van der Waals surface area contributed by atoms with Gasteiger partial charge in [0.2, 0.25) is 0 Å². The molecule has 1 aliphatic heterocycles. The average Bonchev–Trinajstić information content (AvgIpc) is 3.03. The second-order valence-electron chi connectivity index (χ2n) is 6.83. The fourth-order valence-electron chi connectivity index (χ4n) is 2.41. The molecule has 3 rings (SSSR count). The predicted molar refractivity (Wildman–Crippen MR) is 78.9 cm³/mol. The number of aliphatic hydroxyl groups excluding tert-OH is 1. The van der Waals surface area contributed by atoms with Crippen LogP contribution in [0.3, 0.4) is 0 Å². The zero-order valence-corrected chi connectivity index (χ0v) is 13.1. The van der Waals surface area contributed by atoms with E-state index in [1.54, 1.807) is 6.07 Å². The minimum atomic E-state index is -1.04. The van der Waals surface area contributed by atoms with Crippen molar-refractivity contribution in [3.05, 3.63) is 22.4 Å². The van der Waals surface area contributed by atoms with E-state index in [4.69, 9.17) is 16.1 Å². The van der Waals surface area contributed by atoms with Crippen LogP contribution in [0.25, 0.3) is 0 Å². The predicted octanol–water partition coefficient (Wildman–Crippen LogP) is 2.93. The van der Waals surface area contributed by atoms with Gasteiger partial charge >= 0.3 is 0 Å². The number of aromatic nitrogens is 1. The van der Waals surface area contributed by atoms with Crippen molar-refractivity contribution in [1.82, 2.24) is 5.16 Å². The van der Waals surface area contributed by atoms with Gasteiger partial charge in [0, 0.05) is 17.1 Å². The summed E-state index contributed by atoms with van der Waals surface area (Å²) in [5, 5.41) is 14.4. The van der Waals surface area contributed by atoms with Gasteiger partial charge in [0.15, 0.2) is 12.0 Å². The molecule has 1 amide bonds. The number of carbonyl (C=O) groups is 1. The molecule has 0 bridgehead atoms. The zero-order chi connectivity index (χ0) is 15.4. The Bertz CT molecular complexity index is 611. The minimum absolute atomic E-state index is 0.120. The van der Waals surface area contributed by atoms with Crippen LogP contribution in [0.4, 0.5) is 5.82 Å². The molecular weight excluding hydrogens is 292 g/mol. The van der Waals surface area contributed by atoms with Crippen LogP contribution in [0.2, 0.25) is 0 Å². The summed E-state index contributed by atoms with van der Waals surface area (Å²) >= 11 is 6.11. The maximum absolute atomic E-state index is 12.3. The second-order valence-corrected chi connectivity index (χ2v) is 7.21. The molecule has 1 N–H and O–H groups in total. The lowest BCUT2D eigenvalue weighted by molar-refractivity contribution is -0.115. The molecule has 6 heteroatoms. The molecule has 1 fully saturated rings. The van der Waals surface area contributed by atoms with Crippen molar-refractivity contribution in [1.29, 1.82) is 0 Å². The van der Waals surface area contributed by atoms with Gasteiger partial charge < -0.3 is 9.63 Å². The van der Waals surface area contributed by atoms with Gasteiger partial charge in [-0.25, -0.2) is 0 Å². The molecule has 0 spiro atoms. The number of amides is 1. The molecule has 21 heavy (non-hydrogen) atoms.